The van der Waals surface area contributed by atoms with Gasteiger partial charge in [-0.05, 0) is 61.8 Å². The van der Waals surface area contributed by atoms with Crippen LogP contribution >= 0.6 is 0 Å². The zero-order valence-corrected chi connectivity index (χ0v) is 37.8. The molecular formula is C52H56N4O12. The molecule has 68 heavy (non-hydrogen) atoms. The molecule has 2 aromatic heterocycles. The van der Waals surface area contributed by atoms with Crippen LogP contribution in [0.2, 0.25) is 0 Å². The van der Waals surface area contributed by atoms with Crippen LogP contribution in [0.5, 0.6) is 0 Å². The molecule has 0 spiro atoms. The molecule has 16 nitrogen and oxygen atoms in total. The summed E-state index contributed by atoms with van der Waals surface area (Å²) in [5.41, 5.74) is 0.401. The molecule has 16 heteroatoms. The lowest BCUT2D eigenvalue weighted by atomic mass is 9.93. The van der Waals surface area contributed by atoms with Crippen molar-refractivity contribution in [3.63, 3.8) is 0 Å². The number of aryl methyl sites for hydroxylation is 2. The van der Waals surface area contributed by atoms with Crippen molar-refractivity contribution in [1.29, 1.82) is 0 Å². The number of fused-ring (bicyclic) bond motifs is 2. The predicted molar refractivity (Wildman–Crippen MR) is 248 cm³/mol. The molecule has 2 saturated heterocycles. The van der Waals surface area contributed by atoms with E-state index in [0.29, 0.717) is 50.0 Å². The van der Waals surface area contributed by atoms with Gasteiger partial charge in [0.05, 0.1) is 38.6 Å². The Labute approximate surface area is 391 Å². The number of hydrogen-bond acceptors (Lipinski definition) is 12. The van der Waals surface area contributed by atoms with Gasteiger partial charge in [-0.15, -0.1) is 0 Å². The Morgan fingerprint density at radius 1 is 0.529 bits per heavy atom. The van der Waals surface area contributed by atoms with Crippen LogP contribution < -0.4 is 22.5 Å². The molecule has 2 saturated carbocycles. The van der Waals surface area contributed by atoms with Gasteiger partial charge in [-0.25, -0.2) is 9.59 Å². The van der Waals surface area contributed by atoms with Gasteiger partial charge in [0.2, 0.25) is 0 Å². The van der Waals surface area contributed by atoms with Crippen LogP contribution in [0.25, 0.3) is 0 Å². The summed E-state index contributed by atoms with van der Waals surface area (Å²) in [6.45, 7) is 4.58. The Morgan fingerprint density at radius 2 is 0.853 bits per heavy atom. The van der Waals surface area contributed by atoms with Crippen molar-refractivity contribution < 1.29 is 38.6 Å². The normalized spacial score (nSPS) is 28.2. The number of rotatable bonds is 14. The molecule has 0 radical (unpaired) electrons. The smallest absolute Gasteiger partial charge is 0.330 e. The second-order valence-corrected chi connectivity index (χ2v) is 17.9. The van der Waals surface area contributed by atoms with E-state index in [1.165, 1.54) is 21.5 Å². The van der Waals surface area contributed by atoms with Crippen LogP contribution in [0.15, 0.2) is 153 Å². The number of hydrogen-bond donors (Lipinski definition) is 4. The van der Waals surface area contributed by atoms with Crippen molar-refractivity contribution in [2.45, 2.75) is 126 Å². The van der Waals surface area contributed by atoms with E-state index in [4.69, 9.17) is 28.4 Å². The lowest BCUT2D eigenvalue weighted by Crippen LogP contribution is -2.49. The lowest BCUT2D eigenvalue weighted by molar-refractivity contribution is -0.142. The molecular weight excluding hydrogens is 873 g/mol. The number of aliphatic hydroxyl groups excluding tert-OH is 2. The highest BCUT2D eigenvalue weighted by Gasteiger charge is 2.65. The van der Waals surface area contributed by atoms with Gasteiger partial charge in [0, 0.05) is 23.5 Å². The van der Waals surface area contributed by atoms with Gasteiger partial charge in [0.1, 0.15) is 35.6 Å². The first-order valence-electron chi connectivity index (χ1n) is 22.9. The number of ether oxygens (including phenoxy) is 6. The zero-order valence-electron chi connectivity index (χ0n) is 37.8. The fraction of sp³-hybridized carbons (Fsp3) is 0.385. The highest BCUT2D eigenvalue weighted by Crippen LogP contribution is 2.51. The first-order valence-corrected chi connectivity index (χ1v) is 22.9. The van der Waals surface area contributed by atoms with Crippen LogP contribution in [0.1, 0.15) is 71.5 Å². The number of benzene rings is 4. The summed E-state index contributed by atoms with van der Waals surface area (Å²) >= 11 is 0. The van der Waals surface area contributed by atoms with Gasteiger partial charge < -0.3 is 38.6 Å². The van der Waals surface area contributed by atoms with Crippen LogP contribution in [0.3, 0.4) is 0 Å². The number of nitrogens with one attached hydrogen (secondary N) is 2. The molecule has 0 unspecified atom stereocenters. The molecule has 2 aliphatic carbocycles. The SMILES string of the molecule is Cc1cn([C@@H]2O[C@@H]3[C@H](OCc4ccccc4)CC[C@]3(OCc3ccccc3)[C@H]2O)c(=O)[nH]c1=O.Cc1cn([C@@H]2O[C@@H]3[C@H](OCc4ccccc4)CC[C@]3(OCc3ccccc3)[C@H]2O)c(=O)[nH]c1=O. The Kier molecular flexibility index (Phi) is 14.0. The fourth-order valence-corrected chi connectivity index (χ4v) is 9.87. The minimum absolute atomic E-state index is 0.287. The molecule has 6 aromatic rings. The molecule has 0 amide bonds. The summed E-state index contributed by atoms with van der Waals surface area (Å²) in [5, 5.41) is 22.9. The third kappa shape index (κ3) is 9.51. The molecule has 4 N–H and O–H groups in total. The molecule has 4 aromatic carbocycles. The van der Waals surface area contributed by atoms with Crippen molar-refractivity contribution in [3.8, 4) is 0 Å². The Hall–Kier alpha value is -6.08. The predicted octanol–water partition coefficient (Wildman–Crippen LogP) is 4.88. The first-order chi connectivity index (χ1) is 33.0. The first kappa shape index (κ1) is 47.0. The van der Waals surface area contributed by atoms with Gasteiger partial charge >= 0.3 is 11.4 Å². The molecule has 10 rings (SSSR count). The van der Waals surface area contributed by atoms with E-state index in [1.807, 2.05) is 121 Å². The molecule has 4 heterocycles. The number of H-pyrrole nitrogens is 2. The highest BCUT2D eigenvalue weighted by molar-refractivity contribution is 5.20. The van der Waals surface area contributed by atoms with E-state index < -0.39 is 70.6 Å². The monoisotopic (exact) mass is 928 g/mol. The van der Waals surface area contributed by atoms with Crippen molar-refractivity contribution >= 4 is 0 Å². The van der Waals surface area contributed by atoms with Gasteiger partial charge in [-0.2, -0.15) is 0 Å². The molecule has 4 aliphatic rings. The van der Waals surface area contributed by atoms with Crippen molar-refractivity contribution in [1.82, 2.24) is 19.1 Å². The van der Waals surface area contributed by atoms with Crippen LogP contribution in [0.4, 0.5) is 0 Å². The second kappa shape index (κ2) is 20.3. The fourth-order valence-electron chi connectivity index (χ4n) is 9.87. The highest BCUT2D eigenvalue weighted by atomic mass is 16.6. The van der Waals surface area contributed by atoms with Crippen molar-refractivity contribution in [3.05, 3.63) is 209 Å². The van der Waals surface area contributed by atoms with Crippen molar-refractivity contribution in [2.75, 3.05) is 0 Å². The number of aliphatic hydroxyl groups is 2. The standard InChI is InChI=1S/2C26H28N2O6/c2*1-17-14-28(25(31)27-23(17)30)24-21(29)26(33-16-19-10-6-3-7-11-19)13-12-20(22(26)34-24)32-15-18-8-4-2-5-9-18/h2*2-11,14,20-22,24,29H,12-13,15-16H2,1H3,(H,27,30,31)/t2*20-,21+,22-,24-,26+/m11/s1. The Balaban J connectivity index is 0.000000170. The number of nitrogens with zero attached hydrogens (tertiary/aromatic N) is 2. The van der Waals surface area contributed by atoms with E-state index in [-0.39, 0.29) is 25.4 Å². The van der Waals surface area contributed by atoms with Crippen LogP contribution in [-0.4, -0.2) is 77.1 Å². The summed E-state index contributed by atoms with van der Waals surface area (Å²) in [6, 6.07) is 39.1. The number of aromatic nitrogens is 4. The summed E-state index contributed by atoms with van der Waals surface area (Å²) in [5.74, 6) is 0. The Morgan fingerprint density at radius 3 is 1.19 bits per heavy atom. The Bertz CT molecular complexity index is 2680. The van der Waals surface area contributed by atoms with E-state index in [1.54, 1.807) is 13.8 Å². The van der Waals surface area contributed by atoms with Gasteiger partial charge in [0.15, 0.2) is 12.5 Å². The third-order valence-electron chi connectivity index (χ3n) is 13.5. The van der Waals surface area contributed by atoms with Gasteiger partial charge in [-0.3, -0.25) is 28.7 Å². The zero-order chi connectivity index (χ0) is 47.4. The van der Waals surface area contributed by atoms with E-state index in [0.717, 1.165) is 22.3 Å². The maximum Gasteiger partial charge on any atom is 0.330 e. The van der Waals surface area contributed by atoms with E-state index >= 15 is 0 Å². The quantitative estimate of drug-likeness (QED) is 0.116. The van der Waals surface area contributed by atoms with Crippen molar-refractivity contribution in [2.24, 2.45) is 0 Å². The molecule has 4 fully saturated rings. The molecule has 0 bridgehead atoms. The van der Waals surface area contributed by atoms with E-state index in [2.05, 4.69) is 9.97 Å². The topological polar surface area (TPSA) is 206 Å². The maximum atomic E-state index is 12.6. The summed E-state index contributed by atoms with van der Waals surface area (Å²) in [6.07, 6.45) is -0.934. The molecule has 356 valence electrons. The van der Waals surface area contributed by atoms with Gasteiger partial charge in [0.25, 0.3) is 11.1 Å². The van der Waals surface area contributed by atoms with Crippen LogP contribution in [-0.2, 0) is 54.8 Å². The second-order valence-electron chi connectivity index (χ2n) is 17.9. The summed E-state index contributed by atoms with van der Waals surface area (Å²) in [4.78, 5) is 53.4. The molecule has 2 aliphatic heterocycles. The summed E-state index contributed by atoms with van der Waals surface area (Å²) < 4.78 is 40.3. The average Bonchev–Trinajstić information content (AvgIpc) is 4.07. The molecule has 10 atom stereocenters. The maximum absolute atomic E-state index is 12.6. The van der Waals surface area contributed by atoms with Crippen LogP contribution in [0, 0.1) is 13.8 Å². The number of aromatic amines is 2. The average molecular weight is 929 g/mol. The minimum atomic E-state index is -1.13. The van der Waals surface area contributed by atoms with Gasteiger partial charge in [-0.1, -0.05) is 121 Å². The lowest BCUT2D eigenvalue weighted by Gasteiger charge is -2.32. The largest absolute Gasteiger partial charge is 0.385 e. The third-order valence-corrected chi connectivity index (χ3v) is 13.5. The summed E-state index contributed by atoms with van der Waals surface area (Å²) in [7, 11) is 0. The van der Waals surface area contributed by atoms with E-state index in [9.17, 15) is 29.4 Å². The minimum Gasteiger partial charge on any atom is -0.385 e.